The Balaban J connectivity index is 1.23. The molecule has 0 saturated carbocycles. The van der Waals surface area contributed by atoms with Crippen LogP contribution in [0.2, 0.25) is 0 Å². The predicted octanol–water partition coefficient (Wildman–Crippen LogP) is 12.6. The summed E-state index contributed by atoms with van der Waals surface area (Å²) in [5, 5.41) is 9.79. The summed E-state index contributed by atoms with van der Waals surface area (Å²) in [4.78, 5) is 24.0. The maximum absolute atomic E-state index is 9.79. The van der Waals surface area contributed by atoms with Gasteiger partial charge >= 0.3 is 0 Å². The van der Waals surface area contributed by atoms with Gasteiger partial charge in [0.05, 0.1) is 12.6 Å². The first-order valence-electron chi connectivity index (χ1n) is 18.9. The molecule has 57 heavy (non-hydrogen) atoms. The van der Waals surface area contributed by atoms with Crippen molar-refractivity contribution in [3.05, 3.63) is 185 Å². The van der Waals surface area contributed by atoms with Crippen LogP contribution in [-0.4, -0.2) is 19.9 Å². The maximum atomic E-state index is 9.79. The van der Waals surface area contributed by atoms with Crippen molar-refractivity contribution in [1.82, 2.24) is 19.9 Å². The SMILES string of the molecule is [C-]#[N+]c1cc(C#N)cc2c1-c1ccc(-c3cc(-c4nc(-c5ccccc5)nc(-c5ccc(-c6ccccc6)cc5)n4)cc(-c4ccc(C)nc4C)c3)cc1C2(C)C. The summed E-state index contributed by atoms with van der Waals surface area (Å²) < 4.78 is 0. The molecule has 0 fully saturated rings. The number of fused-ring (bicyclic) bond motifs is 3. The van der Waals surface area contributed by atoms with Gasteiger partial charge in [-0.2, -0.15) is 5.26 Å². The van der Waals surface area contributed by atoms with E-state index in [-0.39, 0.29) is 0 Å². The summed E-state index contributed by atoms with van der Waals surface area (Å²) in [6, 6.07) is 51.8. The van der Waals surface area contributed by atoms with Gasteiger partial charge in [0.25, 0.3) is 0 Å². The van der Waals surface area contributed by atoms with Crippen LogP contribution in [0.4, 0.5) is 5.69 Å². The van der Waals surface area contributed by atoms with Crippen molar-refractivity contribution in [2.75, 3.05) is 0 Å². The molecule has 6 nitrogen and oxygen atoms in total. The first-order chi connectivity index (χ1) is 27.7. The Hall–Kier alpha value is -7.54. The molecule has 2 aromatic heterocycles. The zero-order valence-electron chi connectivity index (χ0n) is 32.0. The Labute approximate surface area is 332 Å². The Morgan fingerprint density at radius 1 is 0.509 bits per heavy atom. The van der Waals surface area contributed by atoms with E-state index >= 15 is 0 Å². The quantitative estimate of drug-likeness (QED) is 0.159. The van der Waals surface area contributed by atoms with E-state index in [1.54, 1.807) is 6.07 Å². The van der Waals surface area contributed by atoms with Crippen LogP contribution < -0.4 is 0 Å². The monoisotopic (exact) mass is 732 g/mol. The summed E-state index contributed by atoms with van der Waals surface area (Å²) in [5.74, 6) is 1.74. The minimum atomic E-state index is -0.422. The Morgan fingerprint density at radius 3 is 1.70 bits per heavy atom. The van der Waals surface area contributed by atoms with Crippen LogP contribution in [0.15, 0.2) is 146 Å². The van der Waals surface area contributed by atoms with Gasteiger partial charge in [-0.05, 0) is 106 Å². The van der Waals surface area contributed by atoms with Gasteiger partial charge < -0.3 is 0 Å². The highest BCUT2D eigenvalue weighted by Crippen LogP contribution is 2.53. The number of nitriles is 1. The van der Waals surface area contributed by atoms with Crippen molar-refractivity contribution in [1.29, 1.82) is 5.26 Å². The highest BCUT2D eigenvalue weighted by Gasteiger charge is 2.37. The van der Waals surface area contributed by atoms with Gasteiger partial charge in [0.1, 0.15) is 0 Å². The van der Waals surface area contributed by atoms with Crippen molar-refractivity contribution >= 4 is 5.69 Å². The fourth-order valence-electron chi connectivity index (χ4n) is 8.02. The molecule has 2 heterocycles. The zero-order valence-corrected chi connectivity index (χ0v) is 32.0. The second-order valence-corrected chi connectivity index (χ2v) is 15.0. The largest absolute Gasteiger partial charge is 0.258 e. The van der Waals surface area contributed by atoms with Crippen LogP contribution in [0, 0.1) is 31.8 Å². The summed E-state index contributed by atoms with van der Waals surface area (Å²) in [7, 11) is 0. The van der Waals surface area contributed by atoms with E-state index in [0.717, 1.165) is 83.7 Å². The lowest BCUT2D eigenvalue weighted by molar-refractivity contribution is 0.660. The number of nitrogens with zero attached hydrogens (tertiary/aromatic N) is 6. The van der Waals surface area contributed by atoms with Gasteiger partial charge in [0.15, 0.2) is 23.2 Å². The molecule has 0 atom stereocenters. The molecule has 0 N–H and O–H groups in total. The zero-order chi connectivity index (χ0) is 39.3. The smallest absolute Gasteiger partial charge is 0.196 e. The van der Waals surface area contributed by atoms with Crippen molar-refractivity contribution < 1.29 is 0 Å². The topological polar surface area (TPSA) is 79.7 Å². The van der Waals surface area contributed by atoms with Crippen molar-refractivity contribution in [3.8, 4) is 84.7 Å². The minimum Gasteiger partial charge on any atom is -0.258 e. The summed E-state index contributed by atoms with van der Waals surface area (Å²) in [6.45, 7) is 16.3. The third kappa shape index (κ3) is 6.34. The molecule has 1 aliphatic rings. The number of hydrogen-bond donors (Lipinski definition) is 0. The number of aromatic nitrogens is 4. The molecular formula is C51H36N6. The minimum absolute atomic E-state index is 0.422. The molecule has 8 aromatic rings. The molecular weight excluding hydrogens is 697 g/mol. The Morgan fingerprint density at radius 2 is 1.05 bits per heavy atom. The average Bonchev–Trinajstić information content (AvgIpc) is 3.48. The van der Waals surface area contributed by atoms with Crippen LogP contribution in [0.3, 0.4) is 0 Å². The van der Waals surface area contributed by atoms with Crippen molar-refractivity contribution in [2.45, 2.75) is 33.1 Å². The predicted molar refractivity (Wildman–Crippen MR) is 228 cm³/mol. The number of rotatable bonds is 6. The normalized spacial score (nSPS) is 12.3. The third-order valence-corrected chi connectivity index (χ3v) is 11.0. The summed E-state index contributed by atoms with van der Waals surface area (Å²) >= 11 is 0. The molecule has 6 heteroatoms. The van der Waals surface area contributed by atoms with Gasteiger partial charge in [-0.25, -0.2) is 19.8 Å². The number of hydrogen-bond acceptors (Lipinski definition) is 5. The third-order valence-electron chi connectivity index (χ3n) is 11.0. The molecule has 0 spiro atoms. The molecule has 0 aliphatic heterocycles. The van der Waals surface area contributed by atoms with Crippen LogP contribution in [0.5, 0.6) is 0 Å². The lowest BCUT2D eigenvalue weighted by Gasteiger charge is -2.22. The Bertz CT molecular complexity index is 2950. The molecule has 0 radical (unpaired) electrons. The van der Waals surface area contributed by atoms with Crippen LogP contribution in [0.25, 0.3) is 83.5 Å². The van der Waals surface area contributed by atoms with Crippen LogP contribution in [-0.2, 0) is 5.41 Å². The van der Waals surface area contributed by atoms with E-state index in [9.17, 15) is 5.26 Å². The first kappa shape index (κ1) is 35.2. The Kier molecular flexibility index (Phi) is 8.61. The molecule has 6 aromatic carbocycles. The average molecular weight is 733 g/mol. The van der Waals surface area contributed by atoms with E-state index in [2.05, 4.69) is 104 Å². The summed E-state index contributed by atoms with van der Waals surface area (Å²) in [6.07, 6.45) is 0. The molecule has 0 amide bonds. The lowest BCUT2D eigenvalue weighted by Crippen LogP contribution is -2.15. The summed E-state index contributed by atoms with van der Waals surface area (Å²) in [5.41, 5.74) is 15.5. The fraction of sp³-hybridized carbons (Fsp3) is 0.0980. The number of pyridine rings is 1. The fourth-order valence-corrected chi connectivity index (χ4v) is 8.02. The number of aryl methyl sites for hydroxylation is 2. The second kappa shape index (κ2) is 13.9. The van der Waals surface area contributed by atoms with Crippen LogP contribution >= 0.6 is 0 Å². The molecule has 0 unspecified atom stereocenters. The van der Waals surface area contributed by atoms with E-state index in [0.29, 0.717) is 28.7 Å². The van der Waals surface area contributed by atoms with E-state index in [1.165, 1.54) is 0 Å². The lowest BCUT2D eigenvalue weighted by atomic mass is 9.81. The van der Waals surface area contributed by atoms with Crippen LogP contribution in [0.1, 0.15) is 41.9 Å². The van der Waals surface area contributed by atoms with Crippen molar-refractivity contribution in [2.24, 2.45) is 0 Å². The number of benzene rings is 6. The van der Waals surface area contributed by atoms with Gasteiger partial charge in [0, 0.05) is 44.6 Å². The highest BCUT2D eigenvalue weighted by atomic mass is 15.0. The van der Waals surface area contributed by atoms with Crippen molar-refractivity contribution in [3.63, 3.8) is 0 Å². The molecule has 9 rings (SSSR count). The first-order valence-corrected chi connectivity index (χ1v) is 18.9. The molecule has 0 bridgehead atoms. The molecule has 1 aliphatic carbocycles. The van der Waals surface area contributed by atoms with E-state index in [1.807, 2.05) is 74.5 Å². The second-order valence-electron chi connectivity index (χ2n) is 15.0. The standard InChI is InChI=1S/C51H36N6/c1-31-16-22-42(32(2)54-31)40-26-39(38-21-23-43-44(29-38)51(3,4)45-24-33(30-52)25-46(53-5)47(43)45)27-41(28-40)50-56-48(36-14-10-7-11-15-36)55-49(57-50)37-19-17-35(18-20-37)34-12-8-6-9-13-34/h6-29H,1-4H3. The molecule has 270 valence electrons. The van der Waals surface area contributed by atoms with Gasteiger partial charge in [-0.15, -0.1) is 0 Å². The maximum Gasteiger partial charge on any atom is 0.196 e. The van der Waals surface area contributed by atoms with E-state index < -0.39 is 5.41 Å². The van der Waals surface area contributed by atoms with Gasteiger partial charge in [-0.1, -0.05) is 117 Å². The highest BCUT2D eigenvalue weighted by molar-refractivity contribution is 5.93. The van der Waals surface area contributed by atoms with E-state index in [4.69, 9.17) is 26.5 Å². The van der Waals surface area contributed by atoms with Gasteiger partial charge in [0.2, 0.25) is 0 Å². The van der Waals surface area contributed by atoms with Gasteiger partial charge in [-0.3, -0.25) is 4.98 Å². The molecule has 0 saturated heterocycles.